The molecule has 2 aromatic rings. The van der Waals surface area contributed by atoms with Gasteiger partial charge in [0, 0.05) is 12.1 Å². The molecule has 1 heterocycles. The van der Waals surface area contributed by atoms with Crippen LogP contribution in [0.1, 0.15) is 25.3 Å². The molecule has 24 heavy (non-hydrogen) atoms. The molecule has 0 bridgehead atoms. The number of halogens is 1. The largest absolute Gasteiger partial charge is 0.441 e. The van der Waals surface area contributed by atoms with Crippen molar-refractivity contribution in [3.63, 3.8) is 0 Å². The molecule has 0 spiro atoms. The molecule has 5 nitrogen and oxygen atoms in total. The van der Waals surface area contributed by atoms with Crippen LogP contribution in [0.5, 0.6) is 0 Å². The lowest BCUT2D eigenvalue weighted by Gasteiger charge is -2.32. The Morgan fingerprint density at radius 1 is 1.33 bits per heavy atom. The zero-order valence-electron chi connectivity index (χ0n) is 14.8. The maximum Gasteiger partial charge on any atom is 0.229 e. The third-order valence-electron chi connectivity index (χ3n) is 4.25. The Kier molecular flexibility index (Phi) is 5.39. The van der Waals surface area contributed by atoms with E-state index < -0.39 is 5.82 Å². The lowest BCUT2D eigenvalue weighted by atomic mass is 10.0. The number of nitrogens with zero attached hydrogens (tertiary/aromatic N) is 2. The number of amides is 1. The van der Waals surface area contributed by atoms with Gasteiger partial charge >= 0.3 is 0 Å². The number of carbonyl (C=O) groups excluding carboxylic acids is 1. The van der Waals surface area contributed by atoms with Crippen molar-refractivity contribution in [3.8, 4) is 11.5 Å². The van der Waals surface area contributed by atoms with Crippen molar-refractivity contribution in [2.24, 2.45) is 0 Å². The number of carbonyl (C=O) groups is 1. The number of rotatable bonds is 6. The van der Waals surface area contributed by atoms with Crippen molar-refractivity contribution in [1.29, 1.82) is 0 Å². The third-order valence-corrected chi connectivity index (χ3v) is 4.25. The van der Waals surface area contributed by atoms with Crippen LogP contribution in [0.4, 0.5) is 4.39 Å². The summed E-state index contributed by atoms with van der Waals surface area (Å²) in [5.74, 6) is 0.182. The summed E-state index contributed by atoms with van der Waals surface area (Å²) in [4.78, 5) is 18.5. The van der Waals surface area contributed by atoms with Gasteiger partial charge < -0.3 is 14.6 Å². The molecular weight excluding hydrogens is 309 g/mol. The van der Waals surface area contributed by atoms with Crippen molar-refractivity contribution in [3.05, 3.63) is 41.5 Å². The summed E-state index contributed by atoms with van der Waals surface area (Å²) in [6, 6.07) is 6.28. The van der Waals surface area contributed by atoms with Gasteiger partial charge in [0.05, 0.1) is 17.7 Å². The van der Waals surface area contributed by atoms with E-state index in [0.29, 0.717) is 23.6 Å². The molecule has 0 radical (unpaired) electrons. The number of oxazole rings is 1. The lowest BCUT2D eigenvalue weighted by Crippen LogP contribution is -2.48. The first-order valence-corrected chi connectivity index (χ1v) is 7.86. The van der Waals surface area contributed by atoms with Crippen LogP contribution in [-0.4, -0.2) is 42.0 Å². The number of aryl methyl sites for hydroxylation is 1. The Bertz CT molecular complexity index is 723. The first-order valence-electron chi connectivity index (χ1n) is 7.86. The third kappa shape index (κ3) is 4.20. The molecule has 1 aromatic carbocycles. The van der Waals surface area contributed by atoms with E-state index in [4.69, 9.17) is 4.42 Å². The zero-order valence-corrected chi connectivity index (χ0v) is 14.8. The molecule has 0 fully saturated rings. The second-order valence-electron chi connectivity index (χ2n) is 6.66. The van der Waals surface area contributed by atoms with Crippen molar-refractivity contribution in [2.75, 3.05) is 20.6 Å². The highest BCUT2D eigenvalue weighted by molar-refractivity contribution is 5.78. The predicted octanol–water partition coefficient (Wildman–Crippen LogP) is 2.79. The van der Waals surface area contributed by atoms with E-state index in [1.165, 1.54) is 6.07 Å². The van der Waals surface area contributed by atoms with Crippen LogP contribution in [0, 0.1) is 12.7 Å². The van der Waals surface area contributed by atoms with E-state index >= 15 is 0 Å². The summed E-state index contributed by atoms with van der Waals surface area (Å²) < 4.78 is 19.3. The number of hydrogen-bond acceptors (Lipinski definition) is 4. The van der Waals surface area contributed by atoms with Crippen LogP contribution in [0.3, 0.4) is 0 Å². The fraction of sp³-hybridized carbons (Fsp3) is 0.444. The smallest absolute Gasteiger partial charge is 0.229 e. The van der Waals surface area contributed by atoms with Crippen LogP contribution >= 0.6 is 0 Å². The van der Waals surface area contributed by atoms with Gasteiger partial charge in [-0.2, -0.15) is 0 Å². The zero-order chi connectivity index (χ0) is 17.9. The summed E-state index contributed by atoms with van der Waals surface area (Å²) in [6.07, 6.45) is 0.104. The van der Waals surface area contributed by atoms with Gasteiger partial charge in [-0.1, -0.05) is 12.1 Å². The summed E-state index contributed by atoms with van der Waals surface area (Å²) in [6.45, 7) is 6.34. The summed E-state index contributed by atoms with van der Waals surface area (Å²) in [5.41, 5.74) is 0.668. The minimum absolute atomic E-state index is 0.104. The van der Waals surface area contributed by atoms with Gasteiger partial charge in [-0.15, -0.1) is 0 Å². The van der Waals surface area contributed by atoms with Crippen molar-refractivity contribution in [1.82, 2.24) is 15.2 Å². The van der Waals surface area contributed by atoms with Gasteiger partial charge in [0.25, 0.3) is 0 Å². The van der Waals surface area contributed by atoms with Crippen LogP contribution in [0.15, 0.2) is 28.7 Å². The van der Waals surface area contributed by atoms with E-state index in [1.807, 2.05) is 32.8 Å². The van der Waals surface area contributed by atoms with Gasteiger partial charge in [0.15, 0.2) is 0 Å². The molecule has 0 unspecified atom stereocenters. The van der Waals surface area contributed by atoms with Gasteiger partial charge in [-0.25, -0.2) is 9.37 Å². The molecule has 1 amide bonds. The topological polar surface area (TPSA) is 58.4 Å². The molecule has 0 saturated carbocycles. The Morgan fingerprint density at radius 2 is 2.00 bits per heavy atom. The highest BCUT2D eigenvalue weighted by atomic mass is 19.1. The maximum absolute atomic E-state index is 13.8. The quantitative estimate of drug-likeness (QED) is 0.883. The van der Waals surface area contributed by atoms with E-state index in [9.17, 15) is 9.18 Å². The minimum atomic E-state index is -0.400. The average Bonchev–Trinajstić information content (AvgIpc) is 2.86. The molecular formula is C18H24FN3O2. The Balaban J connectivity index is 2.06. The molecule has 0 aliphatic rings. The Labute approximate surface area is 141 Å². The SMILES string of the molecule is Cc1oc(-c2ccccc2F)nc1CC(=O)NCC(C)(C)N(C)C. The van der Waals surface area contributed by atoms with Crippen molar-refractivity contribution >= 4 is 5.91 Å². The molecule has 6 heteroatoms. The van der Waals surface area contributed by atoms with E-state index in [2.05, 4.69) is 10.3 Å². The summed E-state index contributed by atoms with van der Waals surface area (Å²) in [7, 11) is 3.93. The fourth-order valence-corrected chi connectivity index (χ4v) is 2.03. The summed E-state index contributed by atoms with van der Waals surface area (Å²) in [5, 5.41) is 2.90. The second-order valence-corrected chi connectivity index (χ2v) is 6.66. The lowest BCUT2D eigenvalue weighted by molar-refractivity contribution is -0.121. The monoisotopic (exact) mass is 333 g/mol. The van der Waals surface area contributed by atoms with Crippen LogP contribution in [-0.2, 0) is 11.2 Å². The number of benzene rings is 1. The van der Waals surface area contributed by atoms with Crippen molar-refractivity contribution in [2.45, 2.75) is 32.7 Å². The van der Waals surface area contributed by atoms with Gasteiger partial charge in [0.2, 0.25) is 11.8 Å². The number of nitrogens with one attached hydrogen (secondary N) is 1. The number of likely N-dealkylation sites (N-methyl/N-ethyl adjacent to an activating group) is 1. The number of hydrogen-bond donors (Lipinski definition) is 1. The first kappa shape index (κ1) is 18.1. The second kappa shape index (κ2) is 7.13. The molecule has 1 aromatic heterocycles. The highest BCUT2D eigenvalue weighted by Crippen LogP contribution is 2.24. The van der Waals surface area contributed by atoms with E-state index in [1.54, 1.807) is 25.1 Å². The Hall–Kier alpha value is -2.21. The molecule has 0 atom stereocenters. The summed E-state index contributed by atoms with van der Waals surface area (Å²) >= 11 is 0. The van der Waals surface area contributed by atoms with Crippen LogP contribution < -0.4 is 5.32 Å². The first-order chi connectivity index (χ1) is 11.2. The maximum atomic E-state index is 13.8. The van der Waals surface area contributed by atoms with Crippen LogP contribution in [0.25, 0.3) is 11.5 Å². The van der Waals surface area contributed by atoms with Gasteiger partial charge in [0.1, 0.15) is 11.6 Å². The molecule has 0 aliphatic heterocycles. The van der Waals surface area contributed by atoms with Gasteiger partial charge in [-0.05, 0) is 47.0 Å². The minimum Gasteiger partial charge on any atom is -0.441 e. The van der Waals surface area contributed by atoms with Crippen molar-refractivity contribution < 1.29 is 13.6 Å². The molecule has 0 aliphatic carbocycles. The van der Waals surface area contributed by atoms with E-state index in [0.717, 1.165) is 0 Å². The van der Waals surface area contributed by atoms with Gasteiger partial charge in [-0.3, -0.25) is 4.79 Å². The fourth-order valence-electron chi connectivity index (χ4n) is 2.03. The standard InChI is InChI=1S/C18H24FN3O2/c1-12-15(10-16(23)20-11-18(2,3)22(4)5)21-17(24-12)13-8-6-7-9-14(13)19/h6-9H,10-11H2,1-5H3,(H,20,23). The molecule has 0 saturated heterocycles. The van der Waals surface area contributed by atoms with Crippen LogP contribution in [0.2, 0.25) is 0 Å². The number of aromatic nitrogens is 1. The average molecular weight is 333 g/mol. The normalized spacial score (nSPS) is 11.8. The molecule has 130 valence electrons. The molecule has 1 N–H and O–H groups in total. The Morgan fingerprint density at radius 3 is 2.62 bits per heavy atom. The van der Waals surface area contributed by atoms with E-state index in [-0.39, 0.29) is 23.8 Å². The molecule has 2 rings (SSSR count). The predicted molar refractivity (Wildman–Crippen MR) is 91.1 cm³/mol. The highest BCUT2D eigenvalue weighted by Gasteiger charge is 2.22.